The summed E-state index contributed by atoms with van der Waals surface area (Å²) in [5.74, 6) is -4.23. The third kappa shape index (κ3) is 3.16. The molecule has 2 atom stereocenters. The topological polar surface area (TPSA) is 107 Å². The molecule has 1 unspecified atom stereocenters. The molecule has 148 valence electrons. The first-order valence-electron chi connectivity index (χ1n) is 7.48. The van der Waals surface area contributed by atoms with Gasteiger partial charge in [0.25, 0.3) is 5.92 Å². The summed E-state index contributed by atoms with van der Waals surface area (Å²) in [5, 5.41) is 18.7. The second-order valence-electron chi connectivity index (χ2n) is 5.92. The fourth-order valence-corrected chi connectivity index (χ4v) is 3.84. The summed E-state index contributed by atoms with van der Waals surface area (Å²) in [4.78, 5) is 2.47. The van der Waals surface area contributed by atoms with Crippen molar-refractivity contribution in [2.24, 2.45) is 0 Å². The van der Waals surface area contributed by atoms with E-state index in [0.717, 1.165) is 12.3 Å². The molecule has 2 N–H and O–H groups in total. The molecule has 6 nitrogen and oxygen atoms in total. The summed E-state index contributed by atoms with van der Waals surface area (Å²) in [6, 6.07) is 4.44. The number of aliphatic hydroxyl groups excluding tert-OH is 1. The van der Waals surface area contributed by atoms with E-state index in [1.807, 2.05) is 0 Å². The number of nitrogens with zero attached hydrogens (tertiary/aromatic N) is 2. The summed E-state index contributed by atoms with van der Waals surface area (Å²) in [5.41, 5.74) is -6.88. The van der Waals surface area contributed by atoms with E-state index in [4.69, 9.17) is 14.8 Å². The number of hydrogen-bond donors (Lipinski definition) is 2. The number of aromatic nitrogens is 1. The lowest BCUT2D eigenvalue weighted by Crippen LogP contribution is -2.26. The Labute approximate surface area is 155 Å². The average Bonchev–Trinajstić information content (AvgIpc) is 2.85. The Balaban J connectivity index is 2.18. The molecular formula is C16H10F5N3O3S. The van der Waals surface area contributed by atoms with Gasteiger partial charge in [0.2, 0.25) is 0 Å². The van der Waals surface area contributed by atoms with Gasteiger partial charge in [0, 0.05) is 29.8 Å². The van der Waals surface area contributed by atoms with Gasteiger partial charge < -0.3 is 9.84 Å². The molecule has 0 aliphatic heterocycles. The number of rotatable bonds is 3. The zero-order chi connectivity index (χ0) is 20.9. The largest absolute Gasteiger partial charge is 0.483 e. The number of pyridine rings is 1. The van der Waals surface area contributed by atoms with Crippen molar-refractivity contribution in [3.05, 3.63) is 47.3 Å². The Kier molecular flexibility index (Phi) is 4.55. The van der Waals surface area contributed by atoms with Crippen LogP contribution in [0.15, 0.2) is 35.5 Å². The lowest BCUT2D eigenvalue weighted by molar-refractivity contribution is -0.0978. The van der Waals surface area contributed by atoms with Crippen LogP contribution in [0.3, 0.4) is 0 Å². The first-order chi connectivity index (χ1) is 12.9. The average molecular weight is 419 g/mol. The van der Waals surface area contributed by atoms with Crippen molar-refractivity contribution in [1.82, 2.24) is 4.98 Å². The Bertz CT molecular complexity index is 1090. The van der Waals surface area contributed by atoms with Crippen LogP contribution in [0.5, 0.6) is 11.5 Å². The lowest BCUT2D eigenvalue weighted by atomic mass is 10.1. The molecule has 0 saturated heterocycles. The lowest BCUT2D eigenvalue weighted by Gasteiger charge is -2.19. The Morgan fingerprint density at radius 3 is 2.64 bits per heavy atom. The van der Waals surface area contributed by atoms with Gasteiger partial charge in [0.05, 0.1) is 16.7 Å². The third-order valence-electron chi connectivity index (χ3n) is 4.07. The minimum atomic E-state index is -5.52. The Morgan fingerprint density at radius 2 is 2.04 bits per heavy atom. The van der Waals surface area contributed by atoms with Gasteiger partial charge in [-0.2, -0.15) is 18.4 Å². The van der Waals surface area contributed by atoms with Crippen LogP contribution >= 0.6 is 0 Å². The monoisotopic (exact) mass is 419 g/mol. The van der Waals surface area contributed by atoms with Gasteiger partial charge in [-0.05, 0) is 12.1 Å². The van der Waals surface area contributed by atoms with Gasteiger partial charge >= 0.3 is 5.51 Å². The van der Waals surface area contributed by atoms with E-state index in [9.17, 15) is 31.3 Å². The fourth-order valence-electron chi connectivity index (χ4n) is 2.78. The summed E-state index contributed by atoms with van der Waals surface area (Å²) < 4.78 is 91.7. The molecule has 0 saturated carbocycles. The molecular weight excluding hydrogens is 409 g/mol. The van der Waals surface area contributed by atoms with Gasteiger partial charge in [-0.1, -0.05) is 0 Å². The molecule has 0 fully saturated rings. The maximum absolute atomic E-state index is 14.0. The SMILES string of the molecule is N#Cc1cncc(Oc2ccc(S(=N)(=O)C(F)(F)F)c3c2CC(F)(F)[C@H]3O)c1. The zero-order valence-corrected chi connectivity index (χ0v) is 14.4. The molecule has 0 spiro atoms. The van der Waals surface area contributed by atoms with Crippen molar-refractivity contribution < 1.29 is 36.0 Å². The summed E-state index contributed by atoms with van der Waals surface area (Å²) in [6.45, 7) is 0. The van der Waals surface area contributed by atoms with Crippen LogP contribution in [0.4, 0.5) is 22.0 Å². The molecule has 1 aromatic carbocycles. The second kappa shape index (κ2) is 6.39. The van der Waals surface area contributed by atoms with E-state index in [0.29, 0.717) is 6.07 Å². The van der Waals surface area contributed by atoms with Crippen LogP contribution in [-0.2, 0) is 16.1 Å². The van der Waals surface area contributed by atoms with Gasteiger partial charge in [0.15, 0.2) is 9.73 Å². The van der Waals surface area contributed by atoms with Crippen molar-refractivity contribution >= 4 is 9.73 Å². The van der Waals surface area contributed by atoms with Crippen LogP contribution in [-0.4, -0.2) is 25.7 Å². The van der Waals surface area contributed by atoms with Crippen molar-refractivity contribution in [3.8, 4) is 17.6 Å². The molecule has 1 heterocycles. The minimum Gasteiger partial charge on any atom is -0.455 e. The molecule has 28 heavy (non-hydrogen) atoms. The molecule has 0 amide bonds. The van der Waals surface area contributed by atoms with Gasteiger partial charge in [0.1, 0.15) is 23.7 Å². The molecule has 1 aromatic heterocycles. The number of alkyl halides is 5. The number of fused-ring (bicyclic) bond motifs is 1. The molecule has 0 bridgehead atoms. The number of aliphatic hydroxyl groups is 1. The number of nitrogens with one attached hydrogen (secondary N) is 1. The normalized spacial score (nSPS) is 20.1. The highest BCUT2D eigenvalue weighted by molar-refractivity contribution is 7.93. The first-order valence-corrected chi connectivity index (χ1v) is 9.04. The van der Waals surface area contributed by atoms with Gasteiger partial charge in [-0.15, -0.1) is 0 Å². The maximum Gasteiger partial charge on any atom is 0.483 e. The Morgan fingerprint density at radius 1 is 1.36 bits per heavy atom. The van der Waals surface area contributed by atoms with Crippen LogP contribution in [0.2, 0.25) is 0 Å². The number of ether oxygens (including phenoxy) is 1. The van der Waals surface area contributed by atoms with Crippen molar-refractivity contribution in [2.75, 3.05) is 0 Å². The van der Waals surface area contributed by atoms with Crippen LogP contribution in [0.1, 0.15) is 22.8 Å². The van der Waals surface area contributed by atoms with Crippen LogP contribution in [0, 0.1) is 16.1 Å². The van der Waals surface area contributed by atoms with E-state index in [2.05, 4.69) is 4.98 Å². The molecule has 3 rings (SSSR count). The number of nitriles is 1. The minimum absolute atomic E-state index is 0.0545. The quantitative estimate of drug-likeness (QED) is 0.734. The van der Waals surface area contributed by atoms with E-state index < -0.39 is 49.7 Å². The number of benzene rings is 1. The second-order valence-corrected chi connectivity index (χ2v) is 7.93. The highest BCUT2D eigenvalue weighted by Gasteiger charge is 2.53. The number of halogens is 5. The first kappa shape index (κ1) is 20.0. The van der Waals surface area contributed by atoms with Crippen molar-refractivity contribution in [3.63, 3.8) is 0 Å². The van der Waals surface area contributed by atoms with E-state index >= 15 is 0 Å². The molecule has 0 radical (unpaired) electrons. The zero-order valence-electron chi connectivity index (χ0n) is 13.6. The standard InChI is InChI=1S/C16H10F5N3O3S/c17-15(18)4-10-11(27-9-3-8(5-22)6-24-7-9)1-2-12(13(10)14(15)25)28(23,26)16(19,20)21/h1-3,6-7,14,23,25H,4H2/t14-,28?/m0/s1. The van der Waals surface area contributed by atoms with Crippen LogP contribution < -0.4 is 4.74 Å². The molecule has 1 aliphatic carbocycles. The third-order valence-corrected chi connectivity index (χ3v) is 5.69. The highest BCUT2D eigenvalue weighted by Crippen LogP contribution is 2.51. The van der Waals surface area contributed by atoms with E-state index in [-0.39, 0.29) is 17.1 Å². The molecule has 2 aromatic rings. The van der Waals surface area contributed by atoms with Gasteiger partial charge in [-0.25, -0.2) is 17.8 Å². The van der Waals surface area contributed by atoms with E-state index in [1.165, 1.54) is 12.3 Å². The molecule has 1 aliphatic rings. The predicted octanol–water partition coefficient (Wildman–Crippen LogP) is 3.90. The van der Waals surface area contributed by atoms with E-state index in [1.54, 1.807) is 6.07 Å². The predicted molar refractivity (Wildman–Crippen MR) is 84.3 cm³/mol. The van der Waals surface area contributed by atoms with Crippen LogP contribution in [0.25, 0.3) is 0 Å². The Hall–Kier alpha value is -2.78. The van der Waals surface area contributed by atoms with Crippen molar-refractivity contribution in [1.29, 1.82) is 10.0 Å². The fraction of sp³-hybridized carbons (Fsp3) is 0.250. The summed E-state index contributed by atoms with van der Waals surface area (Å²) in [6.07, 6.45) is -1.51. The summed E-state index contributed by atoms with van der Waals surface area (Å²) in [7, 11) is -5.49. The molecule has 12 heteroatoms. The van der Waals surface area contributed by atoms with Crippen molar-refractivity contribution in [2.45, 2.75) is 28.9 Å². The van der Waals surface area contributed by atoms with Gasteiger partial charge in [-0.3, -0.25) is 4.98 Å². The summed E-state index contributed by atoms with van der Waals surface area (Å²) >= 11 is 0. The number of hydrogen-bond acceptors (Lipinski definition) is 6. The smallest absolute Gasteiger partial charge is 0.455 e. The highest BCUT2D eigenvalue weighted by atomic mass is 32.2. The maximum atomic E-state index is 14.0.